The molecule has 0 spiro atoms. The predicted molar refractivity (Wildman–Crippen MR) is 155 cm³/mol. The highest BCUT2D eigenvalue weighted by atomic mass is 16.6. The maximum absolute atomic E-state index is 9.58. The monoisotopic (exact) mass is 594 g/mol. The number of hydrogen-bond donors (Lipinski definition) is 2. The highest BCUT2D eigenvalue weighted by Gasteiger charge is 2.06. The topological polar surface area (TPSA) is 124 Å². The van der Waals surface area contributed by atoms with Crippen LogP contribution in [0.15, 0.2) is 36.4 Å². The Morgan fingerprint density at radius 3 is 0.952 bits per heavy atom. The zero-order valence-corrected chi connectivity index (χ0v) is 24.5. The van der Waals surface area contributed by atoms with E-state index in [4.69, 9.17) is 42.6 Å². The fourth-order valence-corrected chi connectivity index (χ4v) is 3.98. The lowest BCUT2D eigenvalue weighted by atomic mass is 10.2. The quantitative estimate of drug-likeness (QED) is 0.533. The van der Waals surface area contributed by atoms with Gasteiger partial charge in [0.25, 0.3) is 0 Å². The summed E-state index contributed by atoms with van der Waals surface area (Å²) in [5.74, 6) is 2.47. The van der Waals surface area contributed by atoms with Gasteiger partial charge < -0.3 is 52.8 Å². The second-order valence-corrected chi connectivity index (χ2v) is 9.46. The number of aliphatic hydroxyl groups is 2. The Morgan fingerprint density at radius 2 is 0.643 bits per heavy atom. The Kier molecular flexibility index (Phi) is 17.7. The molecule has 0 aromatic heterocycles. The molecule has 0 saturated carbocycles. The fourth-order valence-electron chi connectivity index (χ4n) is 3.98. The van der Waals surface area contributed by atoms with Crippen LogP contribution in [0.4, 0.5) is 0 Å². The van der Waals surface area contributed by atoms with E-state index in [9.17, 15) is 10.2 Å². The average Bonchev–Trinajstić information content (AvgIpc) is 3.01. The Morgan fingerprint density at radius 1 is 0.357 bits per heavy atom. The first-order valence-electron chi connectivity index (χ1n) is 14.7. The van der Waals surface area contributed by atoms with Crippen LogP contribution in [0, 0.1) is 0 Å². The van der Waals surface area contributed by atoms with Gasteiger partial charge in [-0.3, -0.25) is 0 Å². The summed E-state index contributed by atoms with van der Waals surface area (Å²) in [5.41, 5.74) is 1.42. The van der Waals surface area contributed by atoms with Crippen molar-refractivity contribution in [1.82, 2.24) is 0 Å². The Hall–Kier alpha value is -2.64. The standard InChI is InChI=1S/C31H46O11/c32-24-26-18-28-22-30(20-26)41-16-12-37-8-6-36-7-9-38-13-17-42-31-21-27(25-33)19-29(23-31)40-15-11-35-5-3-1-2-4-34-10-14-39-28/h18-23,32-33H,1-17,24-25H2. The molecule has 1 heterocycles. The van der Waals surface area contributed by atoms with Gasteiger partial charge >= 0.3 is 0 Å². The summed E-state index contributed by atoms with van der Waals surface area (Å²) in [7, 11) is 0. The third-order valence-corrected chi connectivity index (χ3v) is 6.05. The molecule has 0 saturated heterocycles. The predicted octanol–water partition coefficient (Wildman–Crippen LogP) is 3.15. The van der Waals surface area contributed by atoms with Gasteiger partial charge in [0.15, 0.2) is 0 Å². The van der Waals surface area contributed by atoms with Crippen LogP contribution in [0.2, 0.25) is 0 Å². The fraction of sp³-hybridized carbons (Fsp3) is 0.613. The molecular weight excluding hydrogens is 548 g/mol. The molecule has 236 valence electrons. The third-order valence-electron chi connectivity index (χ3n) is 6.05. The zero-order valence-electron chi connectivity index (χ0n) is 24.5. The summed E-state index contributed by atoms with van der Waals surface area (Å²) in [5, 5.41) is 19.2. The van der Waals surface area contributed by atoms with Crippen molar-refractivity contribution in [1.29, 1.82) is 0 Å². The molecular formula is C31H46O11. The molecule has 11 heteroatoms. The van der Waals surface area contributed by atoms with E-state index in [2.05, 4.69) is 0 Å². The van der Waals surface area contributed by atoms with E-state index in [0.717, 1.165) is 19.3 Å². The summed E-state index contributed by atoms with van der Waals surface area (Å²) in [4.78, 5) is 0. The molecule has 2 aromatic carbocycles. The van der Waals surface area contributed by atoms with Crippen molar-refractivity contribution in [3.8, 4) is 23.0 Å². The van der Waals surface area contributed by atoms with Gasteiger partial charge in [0, 0.05) is 25.3 Å². The molecule has 0 unspecified atom stereocenters. The highest BCUT2D eigenvalue weighted by Crippen LogP contribution is 2.24. The SMILES string of the molecule is OCc1cc2cc(c1)OCCOCCOCCOCCOc1cc(CO)cc(c1)OCCOCCCCCOCCO2. The summed E-state index contributed by atoms with van der Waals surface area (Å²) in [6, 6.07) is 10.7. The van der Waals surface area contributed by atoms with Gasteiger partial charge in [-0.1, -0.05) is 0 Å². The number of hydrogen-bond acceptors (Lipinski definition) is 11. The van der Waals surface area contributed by atoms with Crippen LogP contribution < -0.4 is 18.9 Å². The Labute approximate surface area is 248 Å². The lowest BCUT2D eigenvalue weighted by Crippen LogP contribution is -2.14. The lowest BCUT2D eigenvalue weighted by Gasteiger charge is -2.13. The molecule has 0 amide bonds. The molecule has 2 N–H and O–H groups in total. The van der Waals surface area contributed by atoms with Crippen molar-refractivity contribution in [2.75, 3.05) is 92.5 Å². The first kappa shape index (κ1) is 33.9. The summed E-state index contributed by atoms with van der Waals surface area (Å²) >= 11 is 0. The van der Waals surface area contributed by atoms with Crippen LogP contribution in [0.25, 0.3) is 0 Å². The van der Waals surface area contributed by atoms with Crippen molar-refractivity contribution in [2.45, 2.75) is 32.5 Å². The zero-order chi connectivity index (χ0) is 29.5. The van der Waals surface area contributed by atoms with Gasteiger partial charge in [0.2, 0.25) is 0 Å². The van der Waals surface area contributed by atoms with E-state index >= 15 is 0 Å². The molecule has 1 aliphatic heterocycles. The minimum atomic E-state index is -0.107. The summed E-state index contributed by atoms with van der Waals surface area (Å²) in [6.45, 7) is 6.14. The average molecular weight is 595 g/mol. The van der Waals surface area contributed by atoms with Crippen molar-refractivity contribution < 1.29 is 52.8 Å². The minimum Gasteiger partial charge on any atom is -0.491 e. The van der Waals surface area contributed by atoms with E-state index < -0.39 is 0 Å². The van der Waals surface area contributed by atoms with Gasteiger partial charge in [0.1, 0.15) is 49.4 Å². The van der Waals surface area contributed by atoms with E-state index in [-0.39, 0.29) is 13.2 Å². The van der Waals surface area contributed by atoms with Crippen molar-refractivity contribution in [3.05, 3.63) is 47.5 Å². The first-order chi connectivity index (χ1) is 20.8. The molecule has 0 aliphatic carbocycles. The number of ether oxygens (including phenoxy) is 9. The molecule has 4 bridgehead atoms. The second-order valence-electron chi connectivity index (χ2n) is 9.46. The van der Waals surface area contributed by atoms with E-state index in [1.807, 2.05) is 0 Å². The maximum atomic E-state index is 9.58. The lowest BCUT2D eigenvalue weighted by molar-refractivity contribution is 0.00495. The molecule has 0 radical (unpaired) electrons. The highest BCUT2D eigenvalue weighted by molar-refractivity contribution is 5.39. The van der Waals surface area contributed by atoms with Gasteiger partial charge in [-0.25, -0.2) is 0 Å². The molecule has 3 rings (SSSR count). The molecule has 0 fully saturated rings. The van der Waals surface area contributed by atoms with E-state index in [1.165, 1.54) is 0 Å². The number of fused-ring (bicyclic) bond motifs is 4. The van der Waals surface area contributed by atoms with Crippen LogP contribution in [-0.4, -0.2) is 103 Å². The van der Waals surface area contributed by atoms with Gasteiger partial charge in [0.05, 0.1) is 66.1 Å². The molecule has 1 aliphatic rings. The van der Waals surface area contributed by atoms with Crippen molar-refractivity contribution >= 4 is 0 Å². The van der Waals surface area contributed by atoms with E-state index in [1.54, 1.807) is 36.4 Å². The summed E-state index contributed by atoms with van der Waals surface area (Å²) in [6.07, 6.45) is 2.88. The van der Waals surface area contributed by atoms with Crippen LogP contribution in [0.3, 0.4) is 0 Å². The molecule has 0 atom stereocenters. The second kappa shape index (κ2) is 22.0. The third kappa shape index (κ3) is 15.0. The van der Waals surface area contributed by atoms with Gasteiger partial charge in [-0.2, -0.15) is 0 Å². The first-order valence-corrected chi connectivity index (χ1v) is 14.7. The van der Waals surface area contributed by atoms with Crippen LogP contribution >= 0.6 is 0 Å². The number of benzene rings is 2. The Balaban J connectivity index is 1.41. The largest absolute Gasteiger partial charge is 0.491 e. The molecule has 42 heavy (non-hydrogen) atoms. The maximum Gasteiger partial charge on any atom is 0.123 e. The smallest absolute Gasteiger partial charge is 0.123 e. The van der Waals surface area contributed by atoms with Gasteiger partial charge in [-0.15, -0.1) is 0 Å². The molecule has 11 nitrogen and oxygen atoms in total. The summed E-state index contributed by atoms with van der Waals surface area (Å²) < 4.78 is 51.2. The van der Waals surface area contributed by atoms with Crippen LogP contribution in [0.5, 0.6) is 23.0 Å². The number of rotatable bonds is 2. The van der Waals surface area contributed by atoms with Crippen LogP contribution in [0.1, 0.15) is 30.4 Å². The van der Waals surface area contributed by atoms with Crippen LogP contribution in [-0.2, 0) is 36.9 Å². The van der Waals surface area contributed by atoms with Crippen molar-refractivity contribution in [2.24, 2.45) is 0 Å². The normalized spacial score (nSPS) is 18.5. The minimum absolute atomic E-state index is 0.107. The van der Waals surface area contributed by atoms with Gasteiger partial charge in [-0.05, 0) is 54.7 Å². The van der Waals surface area contributed by atoms with E-state index in [0.29, 0.717) is 127 Å². The Bertz CT molecular complexity index is 830. The molecule has 2 aromatic rings. The number of aliphatic hydroxyl groups excluding tert-OH is 2. The van der Waals surface area contributed by atoms with Crippen molar-refractivity contribution in [3.63, 3.8) is 0 Å².